The summed E-state index contributed by atoms with van der Waals surface area (Å²) in [6.07, 6.45) is 11.8. The zero-order chi connectivity index (χ0) is 17.9. The summed E-state index contributed by atoms with van der Waals surface area (Å²) in [5, 5.41) is 10.9. The highest BCUT2D eigenvalue weighted by Gasteiger charge is 2.08. The molecule has 1 N–H and O–H groups in total. The van der Waals surface area contributed by atoms with Crippen molar-refractivity contribution in [2.75, 3.05) is 6.61 Å². The fourth-order valence-corrected chi connectivity index (χ4v) is 3.00. The van der Waals surface area contributed by atoms with Crippen molar-refractivity contribution in [3.05, 3.63) is 54.6 Å². The molecule has 3 nitrogen and oxygen atoms in total. The van der Waals surface area contributed by atoms with Gasteiger partial charge in [0, 0.05) is 0 Å². The number of unbranched alkanes of at least 4 members (excludes halogenated alkanes) is 7. The first kappa shape index (κ1) is 19.0. The number of hydrogen-bond donors (Lipinski definition) is 1. The van der Waals surface area contributed by atoms with E-state index in [9.17, 15) is 9.90 Å². The van der Waals surface area contributed by atoms with Gasteiger partial charge in [0.05, 0.1) is 12.2 Å². The van der Waals surface area contributed by atoms with Gasteiger partial charge in [0.25, 0.3) is 0 Å². The monoisotopic (exact) mass is 340 g/mol. The van der Waals surface area contributed by atoms with Gasteiger partial charge >= 0.3 is 5.97 Å². The molecule has 0 aliphatic rings. The molecule has 0 bridgehead atoms. The van der Waals surface area contributed by atoms with Gasteiger partial charge in [0.1, 0.15) is 5.75 Å². The molecule has 0 fully saturated rings. The van der Waals surface area contributed by atoms with Crippen molar-refractivity contribution >= 4 is 16.7 Å². The predicted molar refractivity (Wildman–Crippen MR) is 104 cm³/mol. The lowest BCUT2D eigenvalue weighted by Crippen LogP contribution is -1.99. The zero-order valence-corrected chi connectivity index (χ0v) is 14.9. The van der Waals surface area contributed by atoms with Crippen LogP contribution in [0, 0.1) is 0 Å². The van der Waals surface area contributed by atoms with Gasteiger partial charge in [-0.3, -0.25) is 0 Å². The lowest BCUT2D eigenvalue weighted by molar-refractivity contribution is 0.0699. The lowest BCUT2D eigenvalue weighted by atomic mass is 10.0. The number of hydrogen-bond acceptors (Lipinski definition) is 2. The Hall–Kier alpha value is -2.29. The minimum absolute atomic E-state index is 0.331. The van der Waals surface area contributed by atoms with E-state index in [4.69, 9.17) is 4.74 Å². The predicted octanol–water partition coefficient (Wildman–Crippen LogP) is 6.22. The molecule has 0 saturated carbocycles. The van der Waals surface area contributed by atoms with Crippen molar-refractivity contribution in [2.24, 2.45) is 0 Å². The number of carbonyl (C=O) groups is 1. The van der Waals surface area contributed by atoms with Crippen LogP contribution in [-0.2, 0) is 0 Å². The van der Waals surface area contributed by atoms with E-state index in [1.807, 2.05) is 30.3 Å². The van der Waals surface area contributed by atoms with Crippen LogP contribution in [0.25, 0.3) is 10.8 Å². The van der Waals surface area contributed by atoms with E-state index in [0.717, 1.165) is 29.4 Å². The van der Waals surface area contributed by atoms with Gasteiger partial charge in [-0.25, -0.2) is 4.79 Å². The molecule has 134 valence electrons. The second-order valence-electron chi connectivity index (χ2n) is 6.39. The van der Waals surface area contributed by atoms with Crippen molar-refractivity contribution in [2.45, 2.75) is 51.4 Å². The maximum atomic E-state index is 11.2. The van der Waals surface area contributed by atoms with Gasteiger partial charge in [0.2, 0.25) is 0 Å². The quantitative estimate of drug-likeness (QED) is 0.368. The summed E-state index contributed by atoms with van der Waals surface area (Å²) in [7, 11) is 0. The normalized spacial score (nSPS) is 10.7. The summed E-state index contributed by atoms with van der Waals surface area (Å²) in [5.41, 5.74) is 0.331. The summed E-state index contributed by atoms with van der Waals surface area (Å²) in [6, 6.07) is 10.9. The average Bonchev–Trinajstić information content (AvgIpc) is 2.62. The third-order valence-electron chi connectivity index (χ3n) is 4.40. The molecule has 0 aromatic heterocycles. The summed E-state index contributed by atoms with van der Waals surface area (Å²) >= 11 is 0. The Kier molecular flexibility index (Phi) is 8.03. The van der Waals surface area contributed by atoms with Gasteiger partial charge in [-0.1, -0.05) is 50.3 Å². The molecule has 0 spiro atoms. The van der Waals surface area contributed by atoms with Gasteiger partial charge in [-0.05, 0) is 54.3 Å². The SMILES string of the molecule is C=CCCCCCCCCCOc1ccc2c(C(=O)O)cccc2c1. The highest BCUT2D eigenvalue weighted by atomic mass is 16.5. The summed E-state index contributed by atoms with van der Waals surface area (Å²) < 4.78 is 5.82. The first-order valence-corrected chi connectivity index (χ1v) is 9.22. The Labute approximate surface area is 150 Å². The molecular weight excluding hydrogens is 312 g/mol. The molecule has 2 aromatic carbocycles. The lowest BCUT2D eigenvalue weighted by Gasteiger charge is -2.08. The summed E-state index contributed by atoms with van der Waals surface area (Å²) in [4.78, 5) is 11.2. The zero-order valence-electron chi connectivity index (χ0n) is 14.9. The fourth-order valence-electron chi connectivity index (χ4n) is 3.00. The first-order valence-electron chi connectivity index (χ1n) is 9.22. The van der Waals surface area contributed by atoms with Crippen molar-refractivity contribution in [3.63, 3.8) is 0 Å². The maximum absolute atomic E-state index is 11.2. The van der Waals surface area contributed by atoms with Crippen LogP contribution in [0.15, 0.2) is 49.1 Å². The molecule has 0 radical (unpaired) electrons. The maximum Gasteiger partial charge on any atom is 0.336 e. The van der Waals surface area contributed by atoms with Crippen LogP contribution in [0.3, 0.4) is 0 Å². The van der Waals surface area contributed by atoms with Gasteiger partial charge in [0.15, 0.2) is 0 Å². The number of allylic oxidation sites excluding steroid dienone is 1. The molecule has 0 atom stereocenters. The Morgan fingerprint density at radius 3 is 2.44 bits per heavy atom. The molecular formula is C22H28O3. The molecule has 2 rings (SSSR count). The van der Waals surface area contributed by atoms with Crippen LogP contribution < -0.4 is 4.74 Å². The Morgan fingerprint density at radius 1 is 1.00 bits per heavy atom. The van der Waals surface area contributed by atoms with Crippen molar-refractivity contribution in [3.8, 4) is 5.75 Å². The second kappa shape index (κ2) is 10.5. The summed E-state index contributed by atoms with van der Waals surface area (Å²) in [6.45, 7) is 4.45. The van der Waals surface area contributed by atoms with Crippen LogP contribution in [0.1, 0.15) is 61.7 Å². The molecule has 2 aromatic rings. The van der Waals surface area contributed by atoms with Crippen molar-refractivity contribution < 1.29 is 14.6 Å². The smallest absolute Gasteiger partial charge is 0.336 e. The Morgan fingerprint density at radius 2 is 1.72 bits per heavy atom. The highest BCUT2D eigenvalue weighted by Crippen LogP contribution is 2.24. The number of aromatic carboxylic acids is 1. The Bertz CT molecular complexity index is 691. The van der Waals surface area contributed by atoms with E-state index in [1.165, 1.54) is 38.5 Å². The van der Waals surface area contributed by atoms with Crippen LogP contribution in [0.2, 0.25) is 0 Å². The third kappa shape index (κ3) is 6.26. The molecule has 25 heavy (non-hydrogen) atoms. The van der Waals surface area contributed by atoms with E-state index in [1.54, 1.807) is 12.1 Å². The van der Waals surface area contributed by atoms with Crippen molar-refractivity contribution in [1.82, 2.24) is 0 Å². The van der Waals surface area contributed by atoms with E-state index in [2.05, 4.69) is 6.58 Å². The molecule has 0 amide bonds. The number of benzene rings is 2. The van der Waals surface area contributed by atoms with Gasteiger partial charge in [-0.15, -0.1) is 6.58 Å². The van der Waals surface area contributed by atoms with Crippen molar-refractivity contribution in [1.29, 1.82) is 0 Å². The van der Waals surface area contributed by atoms with Gasteiger partial charge in [-0.2, -0.15) is 0 Å². The Balaban J connectivity index is 1.69. The highest BCUT2D eigenvalue weighted by molar-refractivity contribution is 6.03. The minimum Gasteiger partial charge on any atom is -0.494 e. The molecule has 0 aliphatic carbocycles. The second-order valence-corrected chi connectivity index (χ2v) is 6.39. The molecule has 0 saturated heterocycles. The number of fused-ring (bicyclic) bond motifs is 1. The van der Waals surface area contributed by atoms with Crippen LogP contribution in [0.5, 0.6) is 5.75 Å². The molecule has 0 heterocycles. The summed E-state index contributed by atoms with van der Waals surface area (Å²) in [5.74, 6) is -0.0942. The van der Waals surface area contributed by atoms with Crippen LogP contribution >= 0.6 is 0 Å². The average molecular weight is 340 g/mol. The molecule has 0 aliphatic heterocycles. The third-order valence-corrected chi connectivity index (χ3v) is 4.40. The molecule has 0 unspecified atom stereocenters. The molecule has 3 heteroatoms. The minimum atomic E-state index is -0.899. The van der Waals surface area contributed by atoms with Crippen LogP contribution in [0.4, 0.5) is 0 Å². The van der Waals surface area contributed by atoms with Gasteiger partial charge < -0.3 is 9.84 Å². The van der Waals surface area contributed by atoms with Crippen LogP contribution in [-0.4, -0.2) is 17.7 Å². The number of rotatable bonds is 12. The van der Waals surface area contributed by atoms with E-state index in [0.29, 0.717) is 12.2 Å². The number of ether oxygens (including phenoxy) is 1. The number of carboxylic acid groups (broad SMARTS) is 1. The van der Waals surface area contributed by atoms with E-state index < -0.39 is 5.97 Å². The number of carboxylic acids is 1. The topological polar surface area (TPSA) is 46.5 Å². The van der Waals surface area contributed by atoms with E-state index >= 15 is 0 Å². The van der Waals surface area contributed by atoms with E-state index in [-0.39, 0.29) is 0 Å². The first-order chi connectivity index (χ1) is 12.2. The largest absolute Gasteiger partial charge is 0.494 e. The fraction of sp³-hybridized carbons (Fsp3) is 0.409. The standard InChI is InChI=1S/C22H28O3/c1-2-3-4-5-6-7-8-9-10-16-25-19-14-15-20-18(17-19)12-11-13-21(20)22(23)24/h2,11-15,17H,1,3-10,16H2,(H,23,24).